The second-order valence-electron chi connectivity index (χ2n) is 5.91. The molecule has 0 saturated carbocycles. The molecule has 0 radical (unpaired) electrons. The number of hydrogen-bond acceptors (Lipinski definition) is 5. The molecule has 0 aliphatic heterocycles. The van der Waals surface area contributed by atoms with Crippen molar-refractivity contribution in [3.8, 4) is 0 Å². The molecule has 0 aromatic rings. The molecule has 0 aliphatic rings. The zero-order valence-electron chi connectivity index (χ0n) is 15.5. The summed E-state index contributed by atoms with van der Waals surface area (Å²) in [5.41, 5.74) is -0.600. The highest BCUT2D eigenvalue weighted by atomic mass is 19.4. The van der Waals surface area contributed by atoms with E-state index in [9.17, 15) is 79.4 Å². The van der Waals surface area contributed by atoms with Gasteiger partial charge in [0.05, 0.1) is 5.71 Å². The first-order valence-electron chi connectivity index (χ1n) is 7.34. The minimum Gasteiger partial charge on any atom is -0.311 e. The summed E-state index contributed by atoms with van der Waals surface area (Å²) in [6.45, 7) is 1.56. The van der Waals surface area contributed by atoms with Crippen LogP contribution in [-0.4, -0.2) is 60.1 Å². The third-order valence-electron chi connectivity index (χ3n) is 2.94. The third kappa shape index (κ3) is 5.74. The number of rotatable bonds is 8. The fourth-order valence-corrected chi connectivity index (χ4v) is 1.34. The number of carbonyl (C=O) groups is 1. The van der Waals surface area contributed by atoms with E-state index in [4.69, 9.17) is 0 Å². The van der Waals surface area contributed by atoms with Crippen molar-refractivity contribution in [3.63, 3.8) is 0 Å². The molecule has 0 rings (SSSR count). The summed E-state index contributed by atoms with van der Waals surface area (Å²) in [6.07, 6.45) is -38.7. The van der Waals surface area contributed by atoms with Gasteiger partial charge in [-0.2, -0.15) is 74.6 Å². The van der Waals surface area contributed by atoms with Crippen molar-refractivity contribution in [1.82, 2.24) is 0 Å². The lowest BCUT2D eigenvalue weighted by Crippen LogP contribution is -2.68. The van der Waals surface area contributed by atoms with Gasteiger partial charge in [0.25, 0.3) is 0 Å². The lowest BCUT2D eigenvalue weighted by atomic mass is 10.2. The van der Waals surface area contributed by atoms with E-state index in [-0.39, 0.29) is 0 Å². The Morgan fingerprint density at radius 1 is 0.588 bits per heavy atom. The molecule has 0 amide bonds. The fourth-order valence-electron chi connectivity index (χ4n) is 1.34. The van der Waals surface area contributed by atoms with Crippen LogP contribution in [0.5, 0.6) is 0 Å². The summed E-state index contributed by atoms with van der Waals surface area (Å²) < 4.78 is 222. The maximum absolute atomic E-state index is 13.9. The van der Waals surface area contributed by atoms with Gasteiger partial charge in [-0.15, -0.1) is 0 Å². The topological polar surface area (TPSA) is 57.1 Å². The van der Waals surface area contributed by atoms with Crippen LogP contribution < -0.4 is 0 Å². The van der Waals surface area contributed by atoms with Crippen LogP contribution in [0.4, 0.5) is 74.6 Å². The summed E-state index contributed by atoms with van der Waals surface area (Å²) in [5, 5.41) is 2.27. The monoisotopic (exact) mass is 551 g/mol. The van der Waals surface area contributed by atoms with Gasteiger partial charge in [-0.25, -0.2) is 4.79 Å². The molecule has 202 valence electrons. The van der Waals surface area contributed by atoms with Gasteiger partial charge in [-0.3, -0.25) is 9.47 Å². The molecular weight excluding hydrogens is 545 g/mol. The van der Waals surface area contributed by atoms with E-state index in [2.05, 4.69) is 9.99 Å². The lowest BCUT2D eigenvalue weighted by Gasteiger charge is -2.39. The average Bonchev–Trinajstić information content (AvgIpc) is 2.55. The Kier molecular flexibility index (Phi) is 8.27. The summed E-state index contributed by atoms with van der Waals surface area (Å²) in [4.78, 5) is 14.2. The van der Waals surface area contributed by atoms with Gasteiger partial charge >= 0.3 is 54.3 Å². The molecule has 34 heavy (non-hydrogen) atoms. The number of carbonyl (C=O) groups excluding carboxylic acids is 1. The maximum Gasteiger partial charge on any atom is 0.462 e. The molecule has 0 N–H and O–H groups in total. The van der Waals surface area contributed by atoms with Crippen molar-refractivity contribution in [2.75, 3.05) is 0 Å². The van der Waals surface area contributed by atoms with Crippen LogP contribution in [0.15, 0.2) is 5.16 Å². The Labute approximate surface area is 174 Å². The van der Waals surface area contributed by atoms with Crippen molar-refractivity contribution < 1.29 is 93.7 Å². The fraction of sp³-hybridized carbons (Fsp3) is 0.833. The van der Waals surface area contributed by atoms with Crippen LogP contribution >= 0.6 is 0 Å². The Morgan fingerprint density at radius 2 is 1.00 bits per heavy atom. The van der Waals surface area contributed by atoms with E-state index in [0.29, 0.717) is 0 Å². The van der Waals surface area contributed by atoms with E-state index in [1.807, 2.05) is 0 Å². The first-order chi connectivity index (χ1) is 14.5. The van der Waals surface area contributed by atoms with Gasteiger partial charge in [0.2, 0.25) is 0 Å². The Balaban J connectivity index is 6.75. The van der Waals surface area contributed by atoms with Crippen molar-refractivity contribution >= 4 is 11.7 Å². The molecule has 0 aromatic heterocycles. The number of ether oxygens (including phenoxy) is 2. The SMILES string of the molecule is CC(C)=NOC(=O)[C@](F)(OC(F)(F)[C@@](F)(OC(F)(F)C(F)(F)C(F)(F)F)C(F)(F)F)C(F)(F)F. The van der Waals surface area contributed by atoms with Crippen molar-refractivity contribution in [1.29, 1.82) is 0 Å². The van der Waals surface area contributed by atoms with Crippen LogP contribution in [0, 0.1) is 0 Å². The predicted molar refractivity (Wildman–Crippen MR) is 67.7 cm³/mol. The first kappa shape index (κ1) is 31.9. The smallest absolute Gasteiger partial charge is 0.311 e. The van der Waals surface area contributed by atoms with Gasteiger partial charge in [0.1, 0.15) is 0 Å². The van der Waals surface area contributed by atoms with Crippen molar-refractivity contribution in [3.05, 3.63) is 0 Å². The van der Waals surface area contributed by atoms with E-state index in [1.165, 1.54) is 4.74 Å². The van der Waals surface area contributed by atoms with Gasteiger partial charge in [0, 0.05) is 0 Å². The maximum atomic E-state index is 13.9. The summed E-state index contributed by atoms with van der Waals surface area (Å²) >= 11 is 0. The molecule has 2 atom stereocenters. The zero-order chi connectivity index (χ0) is 28.0. The number of oxime groups is 1. The highest BCUT2D eigenvalue weighted by Gasteiger charge is 2.85. The first-order valence-corrected chi connectivity index (χ1v) is 7.34. The van der Waals surface area contributed by atoms with Crippen molar-refractivity contribution in [2.45, 2.75) is 62.2 Å². The van der Waals surface area contributed by atoms with Crippen LogP contribution in [0.25, 0.3) is 0 Å². The van der Waals surface area contributed by atoms with Gasteiger partial charge in [0.15, 0.2) is 0 Å². The van der Waals surface area contributed by atoms with E-state index in [0.717, 1.165) is 13.8 Å². The predicted octanol–water partition coefficient (Wildman–Crippen LogP) is 5.80. The number of halogens is 17. The second-order valence-corrected chi connectivity index (χ2v) is 5.91. The minimum atomic E-state index is -8.08. The molecule has 0 spiro atoms. The van der Waals surface area contributed by atoms with Gasteiger partial charge < -0.3 is 4.84 Å². The van der Waals surface area contributed by atoms with Crippen molar-refractivity contribution in [2.24, 2.45) is 5.16 Å². The molecule has 0 fully saturated rings. The highest BCUT2D eigenvalue weighted by molar-refractivity contribution is 5.82. The molecule has 0 saturated heterocycles. The zero-order valence-corrected chi connectivity index (χ0v) is 15.5. The average molecular weight is 551 g/mol. The molecule has 0 aromatic carbocycles. The van der Waals surface area contributed by atoms with E-state index >= 15 is 0 Å². The van der Waals surface area contributed by atoms with E-state index in [1.54, 1.807) is 4.74 Å². The summed E-state index contributed by atoms with van der Waals surface area (Å²) in [6, 6.07) is 0. The third-order valence-corrected chi connectivity index (χ3v) is 2.94. The minimum absolute atomic E-state index is 0.600. The van der Waals surface area contributed by atoms with E-state index < -0.39 is 60.1 Å². The van der Waals surface area contributed by atoms with Crippen LogP contribution in [0.2, 0.25) is 0 Å². The second kappa shape index (κ2) is 8.82. The van der Waals surface area contributed by atoms with Gasteiger partial charge in [-0.1, -0.05) is 5.16 Å². The number of alkyl halides is 17. The highest BCUT2D eigenvalue weighted by Crippen LogP contribution is 2.56. The Bertz CT molecular complexity index is 781. The normalized spacial score (nSPS) is 18.1. The Hall–Kier alpha value is -2.13. The summed E-state index contributed by atoms with van der Waals surface area (Å²) in [5.74, 6) is -26.7. The molecule has 22 heteroatoms. The summed E-state index contributed by atoms with van der Waals surface area (Å²) in [7, 11) is 0. The van der Waals surface area contributed by atoms with Crippen LogP contribution in [-0.2, 0) is 19.1 Å². The van der Waals surface area contributed by atoms with Crippen LogP contribution in [0.3, 0.4) is 0 Å². The molecule has 0 bridgehead atoms. The molecule has 0 unspecified atom stereocenters. The standard InChI is InChI=1S/C12H6F17NO4/c1-3(2)30-32-4(31)5(13,8(17,18)19)33-12(28,29)7(16,10(23,24)25)34-11(26,27)6(14,15)9(20,21)22/h1-2H3/t5-,7-/m0/s1. The Morgan fingerprint density at radius 3 is 1.29 bits per heavy atom. The number of hydrogen-bond donors (Lipinski definition) is 0. The quantitative estimate of drug-likeness (QED) is 0.166. The molecule has 5 nitrogen and oxygen atoms in total. The molecular formula is C12H6F17NO4. The van der Waals surface area contributed by atoms with Gasteiger partial charge in [-0.05, 0) is 13.8 Å². The van der Waals surface area contributed by atoms with Crippen LogP contribution in [0.1, 0.15) is 13.8 Å². The molecule has 0 heterocycles. The lowest BCUT2D eigenvalue weighted by molar-refractivity contribution is -0.548. The largest absolute Gasteiger partial charge is 0.462 e. The molecule has 0 aliphatic carbocycles. The number of nitrogens with zero attached hydrogens (tertiary/aromatic N) is 1.